The average Bonchev–Trinajstić information content (AvgIpc) is 3.06. The lowest BCUT2D eigenvalue weighted by molar-refractivity contribution is 0.252. The Bertz CT molecular complexity index is 894. The third-order valence-electron chi connectivity index (χ3n) is 2.99. The topological polar surface area (TPSA) is 79.3 Å². The number of halogens is 2. The maximum absolute atomic E-state index is 11.8. The first kappa shape index (κ1) is 17.3. The van der Waals surface area contributed by atoms with E-state index in [0.717, 1.165) is 11.1 Å². The number of nitrogens with one attached hydrogen (secondary N) is 2. The van der Waals surface area contributed by atoms with E-state index in [4.69, 9.17) is 23.2 Å². The van der Waals surface area contributed by atoms with E-state index in [1.54, 1.807) is 36.4 Å². The zero-order valence-electron chi connectivity index (χ0n) is 12.6. The number of anilines is 1. The fourth-order valence-electron chi connectivity index (χ4n) is 1.82. The molecule has 1 aromatic heterocycles. The molecule has 0 saturated heterocycles. The molecule has 0 aliphatic carbocycles. The molecule has 0 bridgehead atoms. The van der Waals surface area contributed by atoms with E-state index in [1.165, 1.54) is 17.6 Å². The number of aromatic nitrogens is 2. The minimum Gasteiger partial charge on any atom is -0.281 e. The van der Waals surface area contributed by atoms with Gasteiger partial charge in [-0.05, 0) is 29.8 Å². The largest absolute Gasteiger partial charge is 0.341 e. The van der Waals surface area contributed by atoms with Crippen molar-refractivity contribution in [3.05, 3.63) is 64.1 Å². The minimum absolute atomic E-state index is 0.365. The summed E-state index contributed by atoms with van der Waals surface area (Å²) in [6.07, 6.45) is 1.51. The summed E-state index contributed by atoms with van der Waals surface area (Å²) in [6.45, 7) is 0. The number of amides is 2. The Kier molecular flexibility index (Phi) is 5.60. The lowest BCUT2D eigenvalue weighted by Gasteiger charge is -1.99. The Morgan fingerprint density at radius 1 is 1.00 bits per heavy atom. The molecule has 2 amide bonds. The molecule has 6 nitrogen and oxygen atoms in total. The smallest absolute Gasteiger partial charge is 0.281 e. The normalized spacial score (nSPS) is 10.8. The molecule has 3 rings (SSSR count). The maximum atomic E-state index is 11.8. The molecule has 0 saturated carbocycles. The van der Waals surface area contributed by atoms with Crippen LogP contribution in [0.1, 0.15) is 5.56 Å². The Hall–Kier alpha value is -2.48. The summed E-state index contributed by atoms with van der Waals surface area (Å²) < 4.78 is 0. The number of hydrazone groups is 1. The number of rotatable bonds is 4. The van der Waals surface area contributed by atoms with Crippen molar-refractivity contribution in [3.63, 3.8) is 0 Å². The van der Waals surface area contributed by atoms with Gasteiger partial charge in [0.25, 0.3) is 0 Å². The first-order valence-corrected chi connectivity index (χ1v) is 8.62. The van der Waals surface area contributed by atoms with Crippen molar-refractivity contribution in [2.45, 2.75) is 0 Å². The van der Waals surface area contributed by atoms with Crippen LogP contribution in [-0.2, 0) is 0 Å². The highest BCUT2D eigenvalue weighted by atomic mass is 35.5. The molecule has 2 N–H and O–H groups in total. The van der Waals surface area contributed by atoms with Crippen molar-refractivity contribution >= 4 is 51.9 Å². The van der Waals surface area contributed by atoms with Gasteiger partial charge in [-0.15, -0.1) is 10.2 Å². The van der Waals surface area contributed by atoms with Gasteiger partial charge in [0.2, 0.25) is 5.13 Å². The molecule has 0 unspecified atom stereocenters. The molecular weight excluding hydrogens is 381 g/mol. The Morgan fingerprint density at radius 2 is 1.64 bits per heavy atom. The summed E-state index contributed by atoms with van der Waals surface area (Å²) in [7, 11) is 0. The molecule has 0 atom stereocenters. The second-order valence-corrected chi connectivity index (χ2v) is 6.65. The Balaban J connectivity index is 1.56. The van der Waals surface area contributed by atoms with Gasteiger partial charge >= 0.3 is 6.03 Å². The van der Waals surface area contributed by atoms with Gasteiger partial charge in [-0.1, -0.05) is 58.8 Å². The van der Waals surface area contributed by atoms with Crippen molar-refractivity contribution < 1.29 is 4.79 Å². The molecular formula is C16H11Cl2N5OS. The molecule has 0 fully saturated rings. The fourth-order valence-corrected chi connectivity index (χ4v) is 2.82. The van der Waals surface area contributed by atoms with Gasteiger partial charge in [0.15, 0.2) is 0 Å². The lowest BCUT2D eigenvalue weighted by Crippen LogP contribution is -2.24. The number of hydrogen-bond donors (Lipinski definition) is 2. The molecule has 126 valence electrons. The van der Waals surface area contributed by atoms with E-state index in [1.807, 2.05) is 12.1 Å². The summed E-state index contributed by atoms with van der Waals surface area (Å²) in [5, 5.41) is 16.7. The number of nitrogens with zero attached hydrogens (tertiary/aromatic N) is 3. The van der Waals surface area contributed by atoms with Crippen LogP contribution in [0.25, 0.3) is 10.6 Å². The Labute approximate surface area is 157 Å². The van der Waals surface area contributed by atoms with E-state index in [2.05, 4.69) is 26.0 Å². The number of urea groups is 1. The SMILES string of the molecule is O=C(N/N=C/c1ccc(Cl)cc1)Nc1nnc(-c2ccc(Cl)cc2)s1. The van der Waals surface area contributed by atoms with E-state index in [9.17, 15) is 4.79 Å². The van der Waals surface area contributed by atoms with Gasteiger partial charge < -0.3 is 0 Å². The maximum Gasteiger partial charge on any atom is 0.341 e. The first-order chi connectivity index (χ1) is 12.1. The summed E-state index contributed by atoms with van der Waals surface area (Å²) in [6, 6.07) is 13.7. The number of carbonyl (C=O) groups excluding carboxylic acids is 1. The van der Waals surface area contributed by atoms with Crippen LogP contribution in [0, 0.1) is 0 Å². The molecule has 0 radical (unpaired) electrons. The van der Waals surface area contributed by atoms with Crippen LogP contribution >= 0.6 is 34.5 Å². The molecule has 2 aromatic carbocycles. The van der Waals surface area contributed by atoms with Crippen LogP contribution in [0.3, 0.4) is 0 Å². The molecule has 1 heterocycles. The van der Waals surface area contributed by atoms with Crippen molar-refractivity contribution in [3.8, 4) is 10.6 Å². The van der Waals surface area contributed by atoms with Gasteiger partial charge in [-0.3, -0.25) is 5.32 Å². The van der Waals surface area contributed by atoms with Gasteiger partial charge in [0.05, 0.1) is 6.21 Å². The summed E-state index contributed by atoms with van der Waals surface area (Å²) >= 11 is 12.9. The predicted molar refractivity (Wildman–Crippen MR) is 102 cm³/mol. The highest BCUT2D eigenvalue weighted by Crippen LogP contribution is 2.27. The lowest BCUT2D eigenvalue weighted by atomic mass is 10.2. The van der Waals surface area contributed by atoms with Crippen molar-refractivity contribution in [2.75, 3.05) is 5.32 Å². The van der Waals surface area contributed by atoms with E-state index in [0.29, 0.717) is 20.2 Å². The van der Waals surface area contributed by atoms with E-state index in [-0.39, 0.29) is 0 Å². The summed E-state index contributed by atoms with van der Waals surface area (Å²) in [5.41, 5.74) is 4.04. The van der Waals surface area contributed by atoms with Crippen LogP contribution in [0.4, 0.5) is 9.93 Å². The first-order valence-electron chi connectivity index (χ1n) is 7.05. The monoisotopic (exact) mass is 391 g/mol. The number of benzene rings is 2. The highest BCUT2D eigenvalue weighted by Gasteiger charge is 2.09. The molecule has 9 heteroatoms. The van der Waals surface area contributed by atoms with Crippen molar-refractivity contribution in [1.29, 1.82) is 0 Å². The zero-order valence-corrected chi connectivity index (χ0v) is 14.9. The van der Waals surface area contributed by atoms with Crippen molar-refractivity contribution in [2.24, 2.45) is 5.10 Å². The van der Waals surface area contributed by atoms with Gasteiger partial charge in [0, 0.05) is 15.6 Å². The predicted octanol–water partition coefficient (Wildman–Crippen LogP) is 4.67. The molecule has 0 aliphatic heterocycles. The van der Waals surface area contributed by atoms with Crippen LogP contribution in [0.2, 0.25) is 10.0 Å². The summed E-state index contributed by atoms with van der Waals surface area (Å²) in [5.74, 6) is 0. The average molecular weight is 392 g/mol. The molecule has 3 aromatic rings. The van der Waals surface area contributed by atoms with Crippen molar-refractivity contribution in [1.82, 2.24) is 15.6 Å². The van der Waals surface area contributed by atoms with Gasteiger partial charge in [-0.2, -0.15) is 5.10 Å². The minimum atomic E-state index is -0.510. The van der Waals surface area contributed by atoms with Crippen LogP contribution in [0.15, 0.2) is 53.6 Å². The second-order valence-electron chi connectivity index (χ2n) is 4.79. The third-order valence-corrected chi connectivity index (χ3v) is 4.38. The van der Waals surface area contributed by atoms with Gasteiger partial charge in [-0.25, -0.2) is 10.2 Å². The van der Waals surface area contributed by atoms with E-state index >= 15 is 0 Å². The molecule has 25 heavy (non-hydrogen) atoms. The fraction of sp³-hybridized carbons (Fsp3) is 0. The quantitative estimate of drug-likeness (QED) is 0.500. The van der Waals surface area contributed by atoms with Crippen LogP contribution in [-0.4, -0.2) is 22.4 Å². The molecule has 0 spiro atoms. The third kappa shape index (κ3) is 4.99. The van der Waals surface area contributed by atoms with Gasteiger partial charge in [0.1, 0.15) is 5.01 Å². The second kappa shape index (κ2) is 8.06. The standard InChI is InChI=1S/C16H11Cl2N5OS/c17-12-5-1-10(2-6-12)9-19-22-15(24)20-16-23-21-14(25-16)11-3-7-13(18)8-4-11/h1-9H,(H2,20,22,23,24)/b19-9+. The van der Waals surface area contributed by atoms with Crippen LogP contribution in [0.5, 0.6) is 0 Å². The summed E-state index contributed by atoms with van der Waals surface area (Å²) in [4.78, 5) is 11.8. The highest BCUT2D eigenvalue weighted by molar-refractivity contribution is 7.18. The number of hydrogen-bond acceptors (Lipinski definition) is 5. The Morgan fingerprint density at radius 3 is 2.32 bits per heavy atom. The van der Waals surface area contributed by atoms with E-state index < -0.39 is 6.03 Å². The zero-order chi connectivity index (χ0) is 17.6. The number of carbonyl (C=O) groups is 1. The van der Waals surface area contributed by atoms with Crippen LogP contribution < -0.4 is 10.7 Å². The molecule has 0 aliphatic rings.